The molecule has 2 saturated heterocycles. The zero-order valence-corrected chi connectivity index (χ0v) is 11.9. The molecule has 1 unspecified atom stereocenters. The van der Waals surface area contributed by atoms with Crippen LogP contribution in [0.1, 0.15) is 34.1 Å². The second-order valence-electron chi connectivity index (χ2n) is 6.86. The van der Waals surface area contributed by atoms with Crippen molar-refractivity contribution in [1.82, 2.24) is 10.2 Å². The van der Waals surface area contributed by atoms with Crippen LogP contribution >= 0.6 is 0 Å². The predicted molar refractivity (Wildman–Crippen MR) is 71.2 cm³/mol. The Balaban J connectivity index is 1.94. The van der Waals surface area contributed by atoms with Gasteiger partial charge in [0.1, 0.15) is 0 Å². The van der Waals surface area contributed by atoms with Crippen molar-refractivity contribution in [3.63, 3.8) is 0 Å². The molecule has 17 heavy (non-hydrogen) atoms. The highest BCUT2D eigenvalue weighted by Crippen LogP contribution is 2.48. The first-order chi connectivity index (χ1) is 7.95. The first-order valence-corrected chi connectivity index (χ1v) is 6.97. The average Bonchev–Trinajstić information content (AvgIpc) is 2.22. The van der Waals surface area contributed by atoms with E-state index in [0.29, 0.717) is 16.9 Å². The van der Waals surface area contributed by atoms with Gasteiger partial charge >= 0.3 is 0 Å². The number of hydrogen-bond acceptors (Lipinski definition) is 3. The zero-order chi connectivity index (χ0) is 12.5. The lowest BCUT2D eigenvalue weighted by Gasteiger charge is -2.53. The summed E-state index contributed by atoms with van der Waals surface area (Å²) in [5, 5.41) is 3.42. The Morgan fingerprint density at radius 3 is 2.24 bits per heavy atom. The van der Waals surface area contributed by atoms with Crippen LogP contribution in [0.15, 0.2) is 0 Å². The summed E-state index contributed by atoms with van der Waals surface area (Å²) in [5.74, 6) is 0. The summed E-state index contributed by atoms with van der Waals surface area (Å²) in [6, 6.07) is 0.681. The lowest BCUT2D eigenvalue weighted by Crippen LogP contribution is -2.56. The minimum atomic E-state index is 0.355. The molecule has 0 spiro atoms. The maximum absolute atomic E-state index is 5.52. The van der Waals surface area contributed by atoms with Crippen LogP contribution in [0.5, 0.6) is 0 Å². The molecule has 0 amide bonds. The van der Waals surface area contributed by atoms with Crippen LogP contribution < -0.4 is 5.32 Å². The standard InChI is InChI=1S/C14H28N2O/c1-12(16-7-5-15-6-8-16)9-14(10-17-11-14)13(2,3)4/h12,15H,5-11H2,1-4H3. The Morgan fingerprint density at radius 2 is 1.82 bits per heavy atom. The van der Waals surface area contributed by atoms with Gasteiger partial charge in [0.2, 0.25) is 0 Å². The van der Waals surface area contributed by atoms with Gasteiger partial charge in [0, 0.05) is 37.6 Å². The second-order valence-corrected chi connectivity index (χ2v) is 6.86. The van der Waals surface area contributed by atoms with E-state index in [9.17, 15) is 0 Å². The van der Waals surface area contributed by atoms with Gasteiger partial charge in [-0.2, -0.15) is 0 Å². The molecule has 0 aromatic carbocycles. The largest absolute Gasteiger partial charge is 0.380 e. The maximum atomic E-state index is 5.52. The Hall–Kier alpha value is -0.120. The van der Waals surface area contributed by atoms with Crippen molar-refractivity contribution in [3.8, 4) is 0 Å². The third-order valence-electron chi connectivity index (χ3n) is 4.81. The van der Waals surface area contributed by atoms with Crippen LogP contribution in [0.25, 0.3) is 0 Å². The summed E-state index contributed by atoms with van der Waals surface area (Å²) in [4.78, 5) is 2.63. The predicted octanol–water partition coefficient (Wildman–Crippen LogP) is 1.73. The first-order valence-electron chi connectivity index (χ1n) is 6.97. The quantitative estimate of drug-likeness (QED) is 0.813. The fourth-order valence-corrected chi connectivity index (χ4v) is 3.02. The molecule has 3 nitrogen and oxygen atoms in total. The Bertz CT molecular complexity index is 249. The number of nitrogens with zero attached hydrogens (tertiary/aromatic N) is 1. The monoisotopic (exact) mass is 240 g/mol. The second kappa shape index (κ2) is 4.87. The van der Waals surface area contributed by atoms with Crippen molar-refractivity contribution in [2.75, 3.05) is 39.4 Å². The van der Waals surface area contributed by atoms with Gasteiger partial charge in [0.05, 0.1) is 13.2 Å². The highest BCUT2D eigenvalue weighted by atomic mass is 16.5. The summed E-state index contributed by atoms with van der Waals surface area (Å²) in [5.41, 5.74) is 0.755. The van der Waals surface area contributed by atoms with Crippen LogP contribution in [0.2, 0.25) is 0 Å². The van der Waals surface area contributed by atoms with Crippen molar-refractivity contribution in [1.29, 1.82) is 0 Å². The molecule has 0 aliphatic carbocycles. The van der Waals surface area contributed by atoms with Gasteiger partial charge in [-0.05, 0) is 18.8 Å². The average molecular weight is 240 g/mol. The lowest BCUT2D eigenvalue weighted by molar-refractivity contribution is -0.181. The van der Waals surface area contributed by atoms with Crippen molar-refractivity contribution in [3.05, 3.63) is 0 Å². The minimum absolute atomic E-state index is 0.355. The summed E-state index contributed by atoms with van der Waals surface area (Å²) in [7, 11) is 0. The van der Waals surface area contributed by atoms with Gasteiger partial charge in [-0.25, -0.2) is 0 Å². The summed E-state index contributed by atoms with van der Waals surface area (Å²) in [6.45, 7) is 16.0. The van der Waals surface area contributed by atoms with Crippen LogP contribution in [0.4, 0.5) is 0 Å². The van der Waals surface area contributed by atoms with E-state index in [1.165, 1.54) is 19.5 Å². The SMILES string of the molecule is CC(CC1(C(C)(C)C)COC1)N1CCNCC1. The van der Waals surface area contributed by atoms with Crippen LogP contribution in [0, 0.1) is 10.8 Å². The van der Waals surface area contributed by atoms with Gasteiger partial charge in [-0.1, -0.05) is 20.8 Å². The van der Waals surface area contributed by atoms with E-state index >= 15 is 0 Å². The molecule has 2 rings (SSSR count). The van der Waals surface area contributed by atoms with E-state index in [1.807, 2.05) is 0 Å². The summed E-state index contributed by atoms with van der Waals surface area (Å²) < 4.78 is 5.52. The topological polar surface area (TPSA) is 24.5 Å². The Morgan fingerprint density at radius 1 is 1.24 bits per heavy atom. The molecule has 2 heterocycles. The number of nitrogens with one attached hydrogen (secondary N) is 1. The molecule has 0 aromatic rings. The summed E-state index contributed by atoms with van der Waals surface area (Å²) >= 11 is 0. The molecular formula is C14H28N2O. The van der Waals surface area contributed by atoms with Gasteiger partial charge < -0.3 is 10.1 Å². The molecule has 0 aromatic heterocycles. The van der Waals surface area contributed by atoms with Crippen LogP contribution in [-0.4, -0.2) is 50.3 Å². The molecule has 2 fully saturated rings. The first kappa shape index (κ1) is 13.3. The maximum Gasteiger partial charge on any atom is 0.0550 e. The molecule has 1 atom stereocenters. The molecule has 0 radical (unpaired) electrons. The summed E-state index contributed by atoms with van der Waals surface area (Å²) in [6.07, 6.45) is 1.27. The molecule has 3 heteroatoms. The molecule has 1 N–H and O–H groups in total. The van der Waals surface area contributed by atoms with E-state index < -0.39 is 0 Å². The molecule has 2 aliphatic rings. The van der Waals surface area contributed by atoms with Crippen molar-refractivity contribution < 1.29 is 4.74 Å². The number of hydrogen-bond donors (Lipinski definition) is 1. The fraction of sp³-hybridized carbons (Fsp3) is 1.00. The molecular weight excluding hydrogens is 212 g/mol. The number of rotatable bonds is 3. The minimum Gasteiger partial charge on any atom is -0.380 e. The van der Waals surface area contributed by atoms with Crippen molar-refractivity contribution >= 4 is 0 Å². The van der Waals surface area contributed by atoms with E-state index in [-0.39, 0.29) is 0 Å². The Kier molecular flexibility index (Phi) is 3.81. The van der Waals surface area contributed by atoms with Gasteiger partial charge in [-0.3, -0.25) is 4.90 Å². The smallest absolute Gasteiger partial charge is 0.0550 e. The van der Waals surface area contributed by atoms with Crippen LogP contribution in [-0.2, 0) is 4.74 Å². The number of ether oxygens (including phenoxy) is 1. The highest BCUT2D eigenvalue weighted by molar-refractivity contribution is 4.97. The zero-order valence-electron chi connectivity index (χ0n) is 11.9. The van der Waals surface area contributed by atoms with Crippen molar-refractivity contribution in [2.45, 2.75) is 40.2 Å². The van der Waals surface area contributed by atoms with E-state index in [1.54, 1.807) is 0 Å². The van der Waals surface area contributed by atoms with Crippen molar-refractivity contribution in [2.24, 2.45) is 10.8 Å². The van der Waals surface area contributed by atoms with Gasteiger partial charge in [-0.15, -0.1) is 0 Å². The third kappa shape index (κ3) is 2.67. The normalized spacial score (nSPS) is 27.5. The van der Waals surface area contributed by atoms with Gasteiger partial charge in [0.25, 0.3) is 0 Å². The molecule has 0 saturated carbocycles. The third-order valence-corrected chi connectivity index (χ3v) is 4.81. The molecule has 100 valence electrons. The lowest BCUT2D eigenvalue weighted by atomic mass is 9.62. The van der Waals surface area contributed by atoms with E-state index in [0.717, 1.165) is 26.3 Å². The highest BCUT2D eigenvalue weighted by Gasteiger charge is 2.49. The molecule has 0 bridgehead atoms. The Labute approximate surface area is 106 Å². The van der Waals surface area contributed by atoms with E-state index in [4.69, 9.17) is 4.74 Å². The fourth-order valence-electron chi connectivity index (χ4n) is 3.02. The molecule has 2 aliphatic heterocycles. The van der Waals surface area contributed by atoms with Gasteiger partial charge in [0.15, 0.2) is 0 Å². The van der Waals surface area contributed by atoms with E-state index in [2.05, 4.69) is 37.9 Å². The number of piperazine rings is 1. The van der Waals surface area contributed by atoms with Crippen LogP contribution in [0.3, 0.4) is 0 Å².